The van der Waals surface area contributed by atoms with E-state index in [1.165, 1.54) is 18.4 Å². The van der Waals surface area contributed by atoms with E-state index in [9.17, 15) is 12.8 Å². The molecule has 6 heteroatoms. The maximum absolute atomic E-state index is 13.1. The van der Waals surface area contributed by atoms with Gasteiger partial charge in [0.05, 0.1) is 6.26 Å². The second-order valence-corrected chi connectivity index (χ2v) is 7.93. The molecular weight excluding hydrogens is 291 g/mol. The first-order valence-electron chi connectivity index (χ1n) is 7.21. The molecule has 21 heavy (non-hydrogen) atoms. The van der Waals surface area contributed by atoms with Crippen LogP contribution < -0.4 is 5.32 Å². The predicted octanol–water partition coefficient (Wildman–Crippen LogP) is 1.89. The van der Waals surface area contributed by atoms with Crippen molar-refractivity contribution in [3.8, 4) is 0 Å². The van der Waals surface area contributed by atoms with Crippen molar-refractivity contribution in [1.82, 2.24) is 9.62 Å². The Hall–Kier alpha value is -0.980. The second kappa shape index (κ2) is 6.42. The van der Waals surface area contributed by atoms with Gasteiger partial charge in [0.25, 0.3) is 0 Å². The molecule has 0 bridgehead atoms. The van der Waals surface area contributed by atoms with Gasteiger partial charge in [0, 0.05) is 25.7 Å². The zero-order valence-corrected chi connectivity index (χ0v) is 13.6. The van der Waals surface area contributed by atoms with Gasteiger partial charge in [0.2, 0.25) is 10.0 Å². The van der Waals surface area contributed by atoms with E-state index in [1.54, 1.807) is 10.4 Å². The van der Waals surface area contributed by atoms with Crippen molar-refractivity contribution in [3.05, 3.63) is 35.1 Å². The van der Waals surface area contributed by atoms with Crippen LogP contribution in [0.3, 0.4) is 0 Å². The summed E-state index contributed by atoms with van der Waals surface area (Å²) in [6.07, 6.45) is 2.06. The number of hydrogen-bond acceptors (Lipinski definition) is 3. The number of hydrogen-bond donors (Lipinski definition) is 1. The van der Waals surface area contributed by atoms with Gasteiger partial charge in [-0.05, 0) is 42.5 Å². The number of halogens is 1. The highest BCUT2D eigenvalue weighted by Gasteiger charge is 2.30. The van der Waals surface area contributed by atoms with E-state index in [0.717, 1.165) is 17.5 Å². The molecule has 0 spiro atoms. The van der Waals surface area contributed by atoms with Crippen molar-refractivity contribution in [2.45, 2.75) is 32.9 Å². The monoisotopic (exact) mass is 314 g/mol. The molecular formula is C15H23FN2O2S. The molecule has 118 valence electrons. The fourth-order valence-corrected chi connectivity index (χ4v) is 3.75. The zero-order valence-electron chi connectivity index (χ0n) is 12.8. The van der Waals surface area contributed by atoms with Crippen molar-refractivity contribution in [2.75, 3.05) is 19.3 Å². The number of nitrogens with zero attached hydrogens (tertiary/aromatic N) is 1. The lowest BCUT2D eigenvalue weighted by Crippen LogP contribution is -2.49. The lowest BCUT2D eigenvalue weighted by molar-refractivity contribution is 0.220. The topological polar surface area (TPSA) is 49.4 Å². The van der Waals surface area contributed by atoms with Gasteiger partial charge >= 0.3 is 0 Å². The van der Waals surface area contributed by atoms with Crippen LogP contribution in [0.5, 0.6) is 0 Å². The van der Waals surface area contributed by atoms with Gasteiger partial charge in [-0.25, -0.2) is 17.1 Å². The Morgan fingerprint density at radius 1 is 1.43 bits per heavy atom. The second-order valence-electron chi connectivity index (χ2n) is 5.95. The molecule has 1 saturated heterocycles. The molecule has 0 aromatic heterocycles. The maximum atomic E-state index is 13.1. The average Bonchev–Trinajstić information content (AvgIpc) is 2.38. The summed E-state index contributed by atoms with van der Waals surface area (Å²) >= 11 is 0. The summed E-state index contributed by atoms with van der Waals surface area (Å²) in [4.78, 5) is 0. The molecule has 0 unspecified atom stereocenters. The lowest BCUT2D eigenvalue weighted by atomic mass is 9.95. The van der Waals surface area contributed by atoms with Crippen molar-refractivity contribution < 1.29 is 12.8 Å². The molecule has 0 aliphatic carbocycles. The van der Waals surface area contributed by atoms with Crippen molar-refractivity contribution in [1.29, 1.82) is 0 Å². The van der Waals surface area contributed by atoms with Crippen LogP contribution in [-0.2, 0) is 16.6 Å². The normalized spacial score (nSPS) is 24.2. The SMILES string of the molecule is Cc1cc(F)ccc1CN[C@@H]1CCN(S(C)(=O)=O)C[C@@H]1C. The van der Waals surface area contributed by atoms with E-state index in [-0.39, 0.29) is 17.8 Å². The highest BCUT2D eigenvalue weighted by molar-refractivity contribution is 7.88. The van der Waals surface area contributed by atoms with Gasteiger partial charge in [-0.3, -0.25) is 0 Å². The van der Waals surface area contributed by atoms with Gasteiger partial charge in [-0.15, -0.1) is 0 Å². The van der Waals surface area contributed by atoms with E-state index < -0.39 is 10.0 Å². The molecule has 1 fully saturated rings. The van der Waals surface area contributed by atoms with Crippen LogP contribution in [0.15, 0.2) is 18.2 Å². The molecule has 1 aliphatic rings. The molecule has 1 aromatic carbocycles. The van der Waals surface area contributed by atoms with Crippen LogP contribution in [-0.4, -0.2) is 38.1 Å². The molecule has 2 rings (SSSR count). The summed E-state index contributed by atoms with van der Waals surface area (Å²) in [5, 5.41) is 3.48. The van der Waals surface area contributed by atoms with Crippen molar-refractivity contribution in [3.63, 3.8) is 0 Å². The lowest BCUT2D eigenvalue weighted by Gasteiger charge is -2.36. The molecule has 1 aromatic rings. The van der Waals surface area contributed by atoms with Gasteiger partial charge < -0.3 is 5.32 Å². The number of piperidine rings is 1. The smallest absolute Gasteiger partial charge is 0.211 e. The standard InChI is InChI=1S/C15H23FN2O2S/c1-11-8-14(16)5-4-13(11)9-17-15-6-7-18(10-12(15)2)21(3,19)20/h4-5,8,12,15,17H,6-7,9-10H2,1-3H3/t12-,15+/m0/s1. The molecule has 1 N–H and O–H groups in total. The molecule has 0 radical (unpaired) electrons. The minimum absolute atomic E-state index is 0.217. The van der Waals surface area contributed by atoms with Gasteiger partial charge in [0.15, 0.2) is 0 Å². The highest BCUT2D eigenvalue weighted by atomic mass is 32.2. The minimum Gasteiger partial charge on any atom is -0.310 e. The Kier molecular flexibility index (Phi) is 5.01. The fourth-order valence-electron chi connectivity index (χ4n) is 2.81. The van der Waals surface area contributed by atoms with Crippen LogP contribution >= 0.6 is 0 Å². The molecule has 4 nitrogen and oxygen atoms in total. The summed E-state index contributed by atoms with van der Waals surface area (Å²) in [5.74, 6) is 0.0420. The summed E-state index contributed by atoms with van der Waals surface area (Å²) in [7, 11) is -3.10. The van der Waals surface area contributed by atoms with Crippen LogP contribution in [0.2, 0.25) is 0 Å². The number of aryl methyl sites for hydroxylation is 1. The first-order chi connectivity index (χ1) is 9.77. The van der Waals surface area contributed by atoms with Crippen LogP contribution in [0.4, 0.5) is 4.39 Å². The molecule has 0 amide bonds. The fraction of sp³-hybridized carbons (Fsp3) is 0.600. The summed E-state index contributed by atoms with van der Waals surface area (Å²) in [5.41, 5.74) is 2.01. The first kappa shape index (κ1) is 16.4. The Bertz CT molecular complexity index is 604. The highest BCUT2D eigenvalue weighted by Crippen LogP contribution is 2.20. The van der Waals surface area contributed by atoms with E-state index in [0.29, 0.717) is 19.6 Å². The molecule has 1 aliphatic heterocycles. The Morgan fingerprint density at radius 2 is 2.14 bits per heavy atom. The summed E-state index contributed by atoms with van der Waals surface area (Å²) < 4.78 is 37.7. The van der Waals surface area contributed by atoms with E-state index in [1.807, 2.05) is 6.92 Å². The van der Waals surface area contributed by atoms with Gasteiger partial charge in [-0.1, -0.05) is 13.0 Å². The van der Waals surface area contributed by atoms with E-state index in [4.69, 9.17) is 0 Å². The van der Waals surface area contributed by atoms with E-state index >= 15 is 0 Å². The Balaban J connectivity index is 1.93. The minimum atomic E-state index is -3.10. The Morgan fingerprint density at radius 3 is 2.71 bits per heavy atom. The average molecular weight is 314 g/mol. The summed E-state index contributed by atoms with van der Waals surface area (Å²) in [6.45, 7) is 5.75. The summed E-state index contributed by atoms with van der Waals surface area (Å²) in [6, 6.07) is 5.09. The maximum Gasteiger partial charge on any atom is 0.211 e. The third-order valence-corrected chi connectivity index (χ3v) is 5.47. The molecule has 2 atom stereocenters. The van der Waals surface area contributed by atoms with Crippen LogP contribution in [0.25, 0.3) is 0 Å². The van der Waals surface area contributed by atoms with E-state index in [2.05, 4.69) is 12.2 Å². The van der Waals surface area contributed by atoms with Crippen LogP contribution in [0, 0.1) is 18.7 Å². The van der Waals surface area contributed by atoms with Gasteiger partial charge in [-0.2, -0.15) is 0 Å². The number of sulfonamides is 1. The van der Waals surface area contributed by atoms with Crippen LogP contribution in [0.1, 0.15) is 24.5 Å². The van der Waals surface area contributed by atoms with Crippen molar-refractivity contribution >= 4 is 10.0 Å². The third-order valence-electron chi connectivity index (χ3n) is 4.20. The quantitative estimate of drug-likeness (QED) is 0.923. The number of benzene rings is 1. The third kappa shape index (κ3) is 4.25. The van der Waals surface area contributed by atoms with Crippen molar-refractivity contribution in [2.24, 2.45) is 5.92 Å². The molecule has 1 heterocycles. The predicted molar refractivity (Wildman–Crippen MR) is 82.0 cm³/mol. The number of nitrogens with one attached hydrogen (secondary N) is 1. The van der Waals surface area contributed by atoms with Gasteiger partial charge in [0.1, 0.15) is 5.82 Å². The molecule has 0 saturated carbocycles. The number of rotatable bonds is 4. The first-order valence-corrected chi connectivity index (χ1v) is 9.05. The zero-order chi connectivity index (χ0) is 15.6. The largest absolute Gasteiger partial charge is 0.310 e. The Labute approximate surface area is 126 Å².